The van der Waals surface area contributed by atoms with Gasteiger partial charge in [-0.3, -0.25) is 4.18 Å². The Bertz CT molecular complexity index is 2750. The van der Waals surface area contributed by atoms with Crippen molar-refractivity contribution in [2.24, 2.45) is 0 Å². The summed E-state index contributed by atoms with van der Waals surface area (Å²) in [6, 6.07) is 5.20. The molecule has 42 nitrogen and oxygen atoms in total. The summed E-state index contributed by atoms with van der Waals surface area (Å²) in [6.07, 6.45) is -84.8. The molecule has 31 rings (SSSR count). The van der Waals surface area contributed by atoms with E-state index < -0.39 is 314 Å². The summed E-state index contributed by atoms with van der Waals surface area (Å²) in [5, 5.41) is 258. The van der Waals surface area contributed by atoms with Crippen LogP contribution < -0.4 is 0 Å². The summed E-state index contributed by atoms with van der Waals surface area (Å²) in [6.45, 7) is -7.35. The molecule has 0 radical (unpaired) electrons. The lowest BCUT2D eigenvalue weighted by Crippen LogP contribution is -2.69. The molecule has 1 aromatic rings. The van der Waals surface area contributed by atoms with Crippen molar-refractivity contribution < 1.29 is 206 Å². The third-order valence-corrected chi connectivity index (χ3v) is 19.7. The molecule has 0 spiro atoms. The Balaban J connectivity index is 0.936. The van der Waals surface area contributed by atoms with Crippen LogP contribution in [0.3, 0.4) is 0 Å². The molecule has 0 amide bonds. The Hall–Kier alpha value is -2.43. The number of benzene rings is 1. The largest absolute Gasteiger partial charge is 0.394 e. The molecule has 1 aromatic carbocycles. The normalized spacial score (nSPS) is 51.1. The number of hydrogen-bond acceptors (Lipinski definition) is 42. The lowest BCUT2D eigenvalue weighted by atomic mass is 9.94. The van der Waals surface area contributed by atoms with E-state index >= 15 is 0 Å². The second-order valence-electron chi connectivity index (χ2n) is 24.8. The fraction of sp³-hybridized carbons (Fsp3) is 0.891. The van der Waals surface area contributed by atoms with E-state index in [2.05, 4.69) is 0 Å². The minimum Gasteiger partial charge on any atom is -0.394 e. The maximum Gasteiger partial charge on any atom is 0.297 e. The van der Waals surface area contributed by atoms with Crippen molar-refractivity contribution in [3.8, 4) is 0 Å². The van der Waals surface area contributed by atoms with Crippen LogP contribution >= 0.6 is 0 Å². The predicted octanol–water partition coefficient (Wildman–Crippen LogP) is -15.7. The average Bonchev–Trinajstić information content (AvgIpc) is 0.777. The maximum atomic E-state index is 13.6. The van der Waals surface area contributed by atoms with Crippen LogP contribution in [0.2, 0.25) is 0 Å². The molecule has 23 N–H and O–H groups in total. The van der Waals surface area contributed by atoms with Gasteiger partial charge in [-0.1, -0.05) is 17.7 Å². The van der Waals surface area contributed by atoms with E-state index in [4.69, 9.17) is 80.0 Å². The van der Waals surface area contributed by atoms with Crippen LogP contribution in [0.25, 0.3) is 0 Å². The smallest absolute Gasteiger partial charge is 0.297 e. The second kappa shape index (κ2) is 32.9. The second-order valence-corrected chi connectivity index (χ2v) is 26.4. The summed E-state index contributed by atoms with van der Waals surface area (Å²) >= 11 is 0. The van der Waals surface area contributed by atoms with E-state index in [1.165, 1.54) is 24.3 Å². The molecular formula is C55H86O42S. The van der Waals surface area contributed by atoms with E-state index in [-0.39, 0.29) is 0 Å². The summed E-state index contributed by atoms with van der Waals surface area (Å²) < 4.78 is 125. The van der Waals surface area contributed by atoms with Gasteiger partial charge in [0.25, 0.3) is 10.1 Å². The first-order chi connectivity index (χ1) is 46.5. The molecule has 0 saturated carbocycles. The third-order valence-electron chi connectivity index (χ3n) is 18.4. The Kier molecular flexibility index (Phi) is 26.3. The molecular weight excluding hydrogens is 1360 g/mol. The van der Waals surface area contributed by atoms with Gasteiger partial charge in [0.1, 0.15) is 195 Å². The molecule has 30 aliphatic heterocycles. The van der Waals surface area contributed by atoms with Crippen molar-refractivity contribution in [3.63, 3.8) is 0 Å². The summed E-state index contributed by atoms with van der Waals surface area (Å²) in [4.78, 5) is -0.399. The highest BCUT2D eigenvalue weighted by molar-refractivity contribution is 7.86. The fourth-order valence-corrected chi connectivity index (χ4v) is 13.7. The van der Waals surface area contributed by atoms with Crippen molar-refractivity contribution in [3.05, 3.63) is 29.8 Å². The number of aliphatic hydroxyl groups is 23. The Morgan fingerprint density at radius 3 is 0.602 bits per heavy atom. The molecule has 43 heteroatoms. The van der Waals surface area contributed by atoms with E-state index in [0.29, 0.717) is 5.56 Å². The number of aliphatic hydroxyl groups excluding tert-OH is 23. The predicted molar refractivity (Wildman–Crippen MR) is 298 cm³/mol. The van der Waals surface area contributed by atoms with Crippen LogP contribution in [0.5, 0.6) is 0 Å². The Morgan fingerprint density at radius 1 is 0.265 bits per heavy atom. The lowest BCUT2D eigenvalue weighted by Gasteiger charge is -2.50. The van der Waals surface area contributed by atoms with Gasteiger partial charge in [-0.05, 0) is 19.1 Å². The van der Waals surface area contributed by atoms with Crippen LogP contribution in [0, 0.1) is 6.92 Å². The van der Waals surface area contributed by atoms with E-state index in [1.54, 1.807) is 6.92 Å². The zero-order chi connectivity index (χ0) is 71.3. The number of rotatable bonds is 11. The topological polar surface area (TPSA) is 656 Å². The van der Waals surface area contributed by atoms with Gasteiger partial charge in [-0.25, -0.2) is 0 Å². The number of ether oxygens (including phenoxy) is 16. The van der Waals surface area contributed by atoms with Gasteiger partial charge in [0.05, 0.1) is 57.8 Å². The summed E-state index contributed by atoms with van der Waals surface area (Å²) in [5.74, 6) is 0. The van der Waals surface area contributed by atoms with Crippen LogP contribution in [-0.4, -0.2) is 424 Å². The van der Waals surface area contributed by atoms with Crippen LogP contribution in [0.15, 0.2) is 29.2 Å². The monoisotopic (exact) mass is 1450 g/mol. The summed E-state index contributed by atoms with van der Waals surface area (Å²) in [5.41, 5.74) is 0.638. The highest BCUT2D eigenvalue weighted by Crippen LogP contribution is 2.40. The van der Waals surface area contributed by atoms with Crippen molar-refractivity contribution >= 4 is 10.1 Å². The van der Waals surface area contributed by atoms with Gasteiger partial charge in [0.15, 0.2) is 50.3 Å². The van der Waals surface area contributed by atoms with Crippen molar-refractivity contribution in [1.82, 2.24) is 0 Å². The van der Waals surface area contributed by atoms with Crippen LogP contribution in [0.1, 0.15) is 5.56 Å². The third kappa shape index (κ3) is 15.8. The molecule has 0 aliphatic carbocycles. The van der Waals surface area contributed by atoms with Gasteiger partial charge < -0.3 is 193 Å². The number of hydrogen-bond donors (Lipinski definition) is 23. The standard InChI is InChI=1S/C55H86O42S/c1-14-2-4-15(5-3-14)98(79,80)81-13-23-47-31(70)39(78)55(89-23)96-46-22(12-62)87-53(37(76)29(46)68)94-44-20(10-60)85-51(35(74)27(44)66)92-42-18(8-58)83-49(33(72)25(42)64)90-40-16(6-56)82-48(32(71)24(40)63)91-41-17(7-57)84-50(34(73)26(41)65)93-43-19(9-59)86-52(36(75)28(43)67)95-45-21(11-61)88-54(97-47)38(77)30(45)69/h2-5,16-78H,6-13H2,1H3/t16?,17?,18?,19?,20?,21?,22?,23?,24?,25?,26?,27?,28?,29?,30?,31?,32-,33-,34-,35-,36-,37-,38-,39-,40+,41+,42+,43+,44+,45+,46+,47+,48+,49+,50+,51+,52+,53+,54+,55+/m0/s1. The molecule has 0 aromatic heterocycles. The van der Waals surface area contributed by atoms with Crippen LogP contribution in [0.4, 0.5) is 0 Å². The van der Waals surface area contributed by atoms with Gasteiger partial charge in [0, 0.05) is 0 Å². The number of aryl methyl sites for hydroxylation is 1. The Labute approximate surface area is 554 Å². The van der Waals surface area contributed by atoms with Gasteiger partial charge >= 0.3 is 0 Å². The molecule has 40 atom stereocenters. The SMILES string of the molecule is Cc1ccc(S(=O)(=O)OCC2O[C@@H]3O[C@@H]4C(CO)O[C@H](O[C@@H]5C(CO)O[C@H](O[C@@H]6C(CO)O[C@H](O[C@@H]7C(CO)O[C@H](O[C@@H]8C(CO)O[C@H](O[C@@H]9C(CO)O[C@H](O[C@@H]%10C(CO)O[C@H](O[C@H]2C(O)[C@@H]3O)[C@@H](O)C%10O)[C@@H](O)C9O)[C@@H](O)C8O)[C@@H](O)C7O)[C@@H](O)C6O)[C@@H](O)C5O)[C@@H](O)C4O)cc1. The van der Waals surface area contributed by atoms with Gasteiger partial charge in [-0.15, -0.1) is 0 Å². The average molecular weight is 1450 g/mol. The fourth-order valence-electron chi connectivity index (χ4n) is 12.8. The quantitative estimate of drug-likeness (QED) is 0.0915. The minimum absolute atomic E-state index is 0.399. The van der Waals surface area contributed by atoms with E-state index in [1.807, 2.05) is 0 Å². The summed E-state index contributed by atoms with van der Waals surface area (Å²) in [7, 11) is -4.76. The molecule has 98 heavy (non-hydrogen) atoms. The first-order valence-electron chi connectivity index (χ1n) is 31.1. The molecule has 30 aliphatic rings. The molecule has 30 fully saturated rings. The van der Waals surface area contributed by atoms with Gasteiger partial charge in [-0.2, -0.15) is 8.42 Å². The van der Waals surface area contributed by atoms with Crippen molar-refractivity contribution in [2.75, 3.05) is 52.9 Å². The van der Waals surface area contributed by atoms with E-state index in [9.17, 15) is 126 Å². The Morgan fingerprint density at radius 2 is 0.429 bits per heavy atom. The molecule has 564 valence electrons. The first kappa shape index (κ1) is 78.2. The zero-order valence-electron chi connectivity index (χ0n) is 51.5. The minimum atomic E-state index is -4.76. The first-order valence-corrected chi connectivity index (χ1v) is 32.5. The lowest BCUT2D eigenvalue weighted by molar-refractivity contribution is -0.404. The maximum absolute atomic E-state index is 13.6. The molecule has 30 heterocycles. The highest BCUT2D eigenvalue weighted by atomic mass is 32.2. The van der Waals surface area contributed by atoms with Gasteiger partial charge in [0.2, 0.25) is 0 Å². The zero-order valence-corrected chi connectivity index (χ0v) is 52.3. The van der Waals surface area contributed by atoms with Crippen molar-refractivity contribution in [2.45, 2.75) is 257 Å². The highest BCUT2D eigenvalue weighted by Gasteiger charge is 2.60. The molecule has 16 unspecified atom stereocenters. The molecule has 16 bridgehead atoms. The molecule has 30 saturated heterocycles. The van der Waals surface area contributed by atoms with Crippen molar-refractivity contribution in [1.29, 1.82) is 0 Å². The van der Waals surface area contributed by atoms with E-state index in [0.717, 1.165) is 0 Å². The van der Waals surface area contributed by atoms with Crippen LogP contribution in [-0.2, 0) is 90.1 Å².